The number of phenolic OH excluding ortho intramolecular Hbond substituents is 1. The maximum atomic E-state index is 12.2. The van der Waals surface area contributed by atoms with Gasteiger partial charge in [-0.25, -0.2) is 0 Å². The van der Waals surface area contributed by atoms with Crippen molar-refractivity contribution in [2.75, 3.05) is 20.2 Å². The van der Waals surface area contributed by atoms with E-state index >= 15 is 0 Å². The SMILES string of the molecule is COc1ccc(C(=O)N2CC(O)(C(C)C)C2)c(O)c1. The largest absolute Gasteiger partial charge is 0.507 e. The summed E-state index contributed by atoms with van der Waals surface area (Å²) < 4.78 is 4.97. The number of aromatic hydroxyl groups is 1. The monoisotopic (exact) mass is 265 g/mol. The number of ether oxygens (including phenoxy) is 1. The van der Waals surface area contributed by atoms with Gasteiger partial charge in [0.05, 0.1) is 25.8 Å². The molecule has 0 spiro atoms. The van der Waals surface area contributed by atoms with E-state index in [4.69, 9.17) is 4.74 Å². The number of benzene rings is 1. The lowest BCUT2D eigenvalue weighted by atomic mass is 9.82. The number of aliphatic hydroxyl groups is 1. The summed E-state index contributed by atoms with van der Waals surface area (Å²) in [6.07, 6.45) is 0. The van der Waals surface area contributed by atoms with Crippen LogP contribution in [0.1, 0.15) is 24.2 Å². The van der Waals surface area contributed by atoms with Crippen molar-refractivity contribution in [1.29, 1.82) is 0 Å². The summed E-state index contributed by atoms with van der Waals surface area (Å²) in [7, 11) is 1.49. The number of nitrogens with zero attached hydrogens (tertiary/aromatic N) is 1. The molecule has 1 heterocycles. The molecule has 0 bridgehead atoms. The van der Waals surface area contributed by atoms with Crippen LogP contribution in [-0.4, -0.2) is 46.8 Å². The molecule has 0 atom stereocenters. The van der Waals surface area contributed by atoms with Crippen LogP contribution < -0.4 is 4.74 Å². The predicted octanol–water partition coefficient (Wildman–Crippen LogP) is 1.24. The lowest BCUT2D eigenvalue weighted by Gasteiger charge is -2.49. The molecule has 104 valence electrons. The molecule has 2 rings (SSSR count). The topological polar surface area (TPSA) is 70.0 Å². The molecule has 0 saturated carbocycles. The Labute approximate surface area is 112 Å². The zero-order valence-corrected chi connectivity index (χ0v) is 11.4. The molecular weight excluding hydrogens is 246 g/mol. The van der Waals surface area contributed by atoms with Gasteiger partial charge in [0.15, 0.2) is 0 Å². The van der Waals surface area contributed by atoms with E-state index in [0.717, 1.165) is 0 Å². The minimum Gasteiger partial charge on any atom is -0.507 e. The maximum absolute atomic E-state index is 12.2. The minimum absolute atomic E-state index is 0.0982. The molecular formula is C14H19NO4. The van der Waals surface area contributed by atoms with E-state index < -0.39 is 5.60 Å². The highest BCUT2D eigenvalue weighted by Gasteiger charge is 2.46. The molecule has 5 heteroatoms. The molecule has 1 aliphatic heterocycles. The van der Waals surface area contributed by atoms with Crippen molar-refractivity contribution in [2.24, 2.45) is 5.92 Å². The molecule has 1 amide bonds. The highest BCUT2D eigenvalue weighted by molar-refractivity contribution is 5.97. The molecule has 1 saturated heterocycles. The lowest BCUT2D eigenvalue weighted by Crippen LogP contribution is -2.65. The van der Waals surface area contributed by atoms with Crippen molar-refractivity contribution in [3.63, 3.8) is 0 Å². The van der Waals surface area contributed by atoms with Gasteiger partial charge in [-0.05, 0) is 18.1 Å². The summed E-state index contributed by atoms with van der Waals surface area (Å²) in [4.78, 5) is 13.7. The van der Waals surface area contributed by atoms with Gasteiger partial charge >= 0.3 is 0 Å². The Morgan fingerprint density at radius 2 is 2.05 bits per heavy atom. The third-order valence-electron chi connectivity index (χ3n) is 3.73. The number of hydrogen-bond acceptors (Lipinski definition) is 4. The van der Waals surface area contributed by atoms with E-state index in [9.17, 15) is 15.0 Å². The minimum atomic E-state index is -0.808. The van der Waals surface area contributed by atoms with E-state index in [2.05, 4.69) is 0 Å². The summed E-state index contributed by atoms with van der Waals surface area (Å²) in [6.45, 7) is 4.45. The first-order valence-corrected chi connectivity index (χ1v) is 6.26. The van der Waals surface area contributed by atoms with Gasteiger partial charge in [-0.2, -0.15) is 0 Å². The first-order valence-electron chi connectivity index (χ1n) is 6.26. The molecule has 1 aromatic carbocycles. The highest BCUT2D eigenvalue weighted by atomic mass is 16.5. The molecule has 0 aliphatic carbocycles. The first kappa shape index (κ1) is 13.7. The maximum Gasteiger partial charge on any atom is 0.257 e. The number of hydrogen-bond donors (Lipinski definition) is 2. The number of phenols is 1. The summed E-state index contributed by atoms with van der Waals surface area (Å²) >= 11 is 0. The van der Waals surface area contributed by atoms with Crippen LogP contribution in [0.4, 0.5) is 0 Å². The molecule has 19 heavy (non-hydrogen) atoms. The standard InChI is InChI=1S/C14H19NO4/c1-9(2)14(18)7-15(8-14)13(17)11-5-4-10(19-3)6-12(11)16/h4-6,9,16,18H,7-8H2,1-3H3. The van der Waals surface area contributed by atoms with Crippen molar-refractivity contribution in [2.45, 2.75) is 19.4 Å². The molecule has 5 nitrogen and oxygen atoms in total. The molecule has 0 radical (unpaired) electrons. The quantitative estimate of drug-likeness (QED) is 0.862. The summed E-state index contributed by atoms with van der Waals surface area (Å²) in [5, 5.41) is 19.9. The molecule has 1 aliphatic rings. The average Bonchev–Trinajstić information content (AvgIpc) is 2.33. The number of amides is 1. The van der Waals surface area contributed by atoms with E-state index in [0.29, 0.717) is 18.8 Å². The van der Waals surface area contributed by atoms with E-state index in [-0.39, 0.29) is 23.1 Å². The fourth-order valence-corrected chi connectivity index (χ4v) is 2.11. The van der Waals surface area contributed by atoms with Crippen LogP contribution in [-0.2, 0) is 0 Å². The number of carbonyl (C=O) groups is 1. The summed E-state index contributed by atoms with van der Waals surface area (Å²) in [5.41, 5.74) is -0.579. The van der Waals surface area contributed by atoms with Crippen LogP contribution >= 0.6 is 0 Å². The van der Waals surface area contributed by atoms with E-state index in [1.165, 1.54) is 24.1 Å². The van der Waals surface area contributed by atoms with Crippen molar-refractivity contribution in [1.82, 2.24) is 4.90 Å². The van der Waals surface area contributed by atoms with Crippen LogP contribution in [0.2, 0.25) is 0 Å². The van der Waals surface area contributed by atoms with E-state index in [1.54, 1.807) is 6.07 Å². The molecule has 1 fully saturated rings. The van der Waals surface area contributed by atoms with Crippen LogP contribution in [0.15, 0.2) is 18.2 Å². The van der Waals surface area contributed by atoms with Gasteiger partial charge in [-0.3, -0.25) is 4.79 Å². The van der Waals surface area contributed by atoms with Gasteiger partial charge in [-0.1, -0.05) is 13.8 Å². The molecule has 1 aromatic rings. The summed E-state index contributed by atoms with van der Waals surface area (Å²) in [5.74, 6) is 0.215. The Balaban J connectivity index is 2.10. The lowest BCUT2D eigenvalue weighted by molar-refractivity contribution is -0.110. The van der Waals surface area contributed by atoms with Gasteiger partial charge < -0.3 is 19.8 Å². The molecule has 2 N–H and O–H groups in total. The van der Waals surface area contributed by atoms with Gasteiger partial charge in [0.2, 0.25) is 0 Å². The average molecular weight is 265 g/mol. The normalized spacial score (nSPS) is 17.2. The number of methoxy groups -OCH3 is 1. The number of carbonyl (C=O) groups excluding carboxylic acids is 1. The Hall–Kier alpha value is -1.75. The zero-order valence-electron chi connectivity index (χ0n) is 11.4. The molecule has 0 unspecified atom stereocenters. The second-order valence-corrected chi connectivity index (χ2v) is 5.30. The van der Waals surface area contributed by atoms with Crippen LogP contribution in [0.5, 0.6) is 11.5 Å². The Morgan fingerprint density at radius 1 is 1.42 bits per heavy atom. The van der Waals surface area contributed by atoms with Crippen LogP contribution in [0.25, 0.3) is 0 Å². The zero-order chi connectivity index (χ0) is 14.2. The summed E-state index contributed by atoms with van der Waals surface area (Å²) in [6, 6.07) is 4.56. The van der Waals surface area contributed by atoms with Crippen molar-refractivity contribution in [3.05, 3.63) is 23.8 Å². The first-order chi connectivity index (χ1) is 8.87. The van der Waals surface area contributed by atoms with Gasteiger partial charge in [0, 0.05) is 6.07 Å². The van der Waals surface area contributed by atoms with Gasteiger partial charge in [0.1, 0.15) is 17.1 Å². The fraction of sp³-hybridized carbons (Fsp3) is 0.500. The Kier molecular flexibility index (Phi) is 3.41. The van der Waals surface area contributed by atoms with Gasteiger partial charge in [0.25, 0.3) is 5.91 Å². The molecule has 0 aromatic heterocycles. The van der Waals surface area contributed by atoms with Crippen molar-refractivity contribution < 1.29 is 19.7 Å². The Morgan fingerprint density at radius 3 is 2.53 bits per heavy atom. The predicted molar refractivity (Wildman–Crippen MR) is 70.4 cm³/mol. The number of rotatable bonds is 3. The van der Waals surface area contributed by atoms with Crippen LogP contribution in [0, 0.1) is 5.92 Å². The Bertz CT molecular complexity index is 492. The highest BCUT2D eigenvalue weighted by Crippen LogP contribution is 2.32. The number of β-amino-alcohol motifs (C(OH)–C–C–N with tert-alkyl or cyclic N) is 1. The van der Waals surface area contributed by atoms with Crippen molar-refractivity contribution >= 4 is 5.91 Å². The van der Waals surface area contributed by atoms with Crippen LogP contribution in [0.3, 0.4) is 0 Å². The third-order valence-corrected chi connectivity index (χ3v) is 3.73. The smallest absolute Gasteiger partial charge is 0.257 e. The second kappa shape index (κ2) is 4.74. The van der Waals surface area contributed by atoms with Crippen molar-refractivity contribution in [3.8, 4) is 11.5 Å². The van der Waals surface area contributed by atoms with E-state index in [1.807, 2.05) is 13.8 Å². The fourth-order valence-electron chi connectivity index (χ4n) is 2.11. The number of likely N-dealkylation sites (tertiary alicyclic amines) is 1. The third kappa shape index (κ3) is 2.38. The van der Waals surface area contributed by atoms with Gasteiger partial charge in [-0.15, -0.1) is 0 Å². The second-order valence-electron chi connectivity index (χ2n) is 5.30.